The summed E-state index contributed by atoms with van der Waals surface area (Å²) in [4.78, 5) is 5.28. The number of allylic oxidation sites excluding steroid dienone is 2. The first-order valence-corrected chi connectivity index (χ1v) is 12.0. The van der Waals surface area contributed by atoms with Crippen molar-refractivity contribution in [1.82, 2.24) is 0 Å². The second-order valence-electron chi connectivity index (χ2n) is 9.49. The van der Waals surface area contributed by atoms with E-state index in [9.17, 15) is 0 Å². The van der Waals surface area contributed by atoms with E-state index in [-0.39, 0.29) is 6.17 Å². The van der Waals surface area contributed by atoms with Gasteiger partial charge in [-0.15, -0.1) is 0 Å². The highest BCUT2D eigenvalue weighted by Gasteiger charge is 2.43. The van der Waals surface area contributed by atoms with Crippen LogP contribution in [0.4, 0.5) is 11.4 Å². The second-order valence-corrected chi connectivity index (χ2v) is 9.49. The molecule has 164 valence electrons. The van der Waals surface area contributed by atoms with Crippen LogP contribution in [0.5, 0.6) is 0 Å². The van der Waals surface area contributed by atoms with Crippen molar-refractivity contribution in [2.75, 3.05) is 9.80 Å². The van der Waals surface area contributed by atoms with Crippen molar-refractivity contribution in [2.45, 2.75) is 59.5 Å². The van der Waals surface area contributed by atoms with Crippen LogP contribution in [0.15, 0.2) is 84.2 Å². The third kappa shape index (κ3) is 3.43. The zero-order valence-corrected chi connectivity index (χ0v) is 19.8. The Bertz CT molecular complexity index is 1120. The Morgan fingerprint density at radius 3 is 1.88 bits per heavy atom. The monoisotopic (exact) mass is 422 g/mol. The minimum atomic E-state index is 0.121. The van der Waals surface area contributed by atoms with Crippen LogP contribution in [0, 0.1) is 26.7 Å². The first-order valence-electron chi connectivity index (χ1n) is 12.0. The van der Waals surface area contributed by atoms with Gasteiger partial charge in [-0.05, 0) is 75.4 Å². The molecule has 0 bridgehead atoms. The van der Waals surface area contributed by atoms with Crippen molar-refractivity contribution in [1.29, 1.82) is 0 Å². The number of aryl methyl sites for hydroxylation is 3. The number of rotatable bonds is 4. The van der Waals surface area contributed by atoms with Gasteiger partial charge in [-0.25, -0.2) is 0 Å². The van der Waals surface area contributed by atoms with Gasteiger partial charge in [-0.3, -0.25) is 0 Å². The Kier molecular flexibility index (Phi) is 5.55. The van der Waals surface area contributed by atoms with Crippen LogP contribution in [-0.2, 0) is 0 Å². The molecule has 2 nitrogen and oxygen atoms in total. The molecule has 1 saturated carbocycles. The highest BCUT2D eigenvalue weighted by Crippen LogP contribution is 2.51. The molecular weight excluding hydrogens is 388 g/mol. The first-order chi connectivity index (χ1) is 15.6. The van der Waals surface area contributed by atoms with E-state index in [0.717, 1.165) is 0 Å². The summed E-state index contributed by atoms with van der Waals surface area (Å²) in [5.74, 6) is 0.621. The topological polar surface area (TPSA) is 6.48 Å². The Hall–Kier alpha value is -3.00. The number of anilines is 2. The maximum absolute atomic E-state index is 2.66. The summed E-state index contributed by atoms with van der Waals surface area (Å²) < 4.78 is 0. The molecule has 1 aliphatic heterocycles. The van der Waals surface area contributed by atoms with Gasteiger partial charge in [0, 0.05) is 34.3 Å². The quantitative estimate of drug-likeness (QED) is 0.419. The molecule has 1 atom stereocenters. The van der Waals surface area contributed by atoms with Gasteiger partial charge in [0.15, 0.2) is 0 Å². The molecule has 32 heavy (non-hydrogen) atoms. The van der Waals surface area contributed by atoms with Crippen LogP contribution in [0.1, 0.15) is 61.0 Å². The van der Waals surface area contributed by atoms with E-state index < -0.39 is 0 Å². The molecule has 1 aliphatic carbocycles. The van der Waals surface area contributed by atoms with Gasteiger partial charge < -0.3 is 9.80 Å². The zero-order chi connectivity index (χ0) is 22.2. The number of hydrogen-bond donors (Lipinski definition) is 0. The normalized spacial score (nSPS) is 19.3. The molecule has 3 aromatic rings. The summed E-state index contributed by atoms with van der Waals surface area (Å²) in [6.07, 6.45) is 5.37. The average Bonchev–Trinajstić information content (AvgIpc) is 3.41. The fourth-order valence-corrected chi connectivity index (χ4v) is 5.93. The van der Waals surface area contributed by atoms with Crippen molar-refractivity contribution in [3.05, 3.63) is 106 Å². The van der Waals surface area contributed by atoms with Crippen molar-refractivity contribution in [2.24, 2.45) is 5.92 Å². The van der Waals surface area contributed by atoms with E-state index in [1.807, 2.05) is 0 Å². The van der Waals surface area contributed by atoms with Gasteiger partial charge in [-0.1, -0.05) is 67.4 Å². The standard InChI is InChI=1S/C30H34N2/c1-21-13-8-11-20-27(21)31-24(4)29(25-16-9-10-17-25)32(26-18-6-5-7-19-26)30(31)28-22(2)14-12-15-23(28)3/h5-8,11-15,18-20,25,30H,9-10,16-17H2,1-4H3. The molecular formula is C30H34N2. The van der Waals surface area contributed by atoms with Gasteiger partial charge in [0.05, 0.1) is 0 Å². The van der Waals surface area contributed by atoms with Crippen LogP contribution < -0.4 is 9.80 Å². The summed E-state index contributed by atoms with van der Waals surface area (Å²) in [5, 5.41) is 0. The van der Waals surface area contributed by atoms with E-state index in [4.69, 9.17) is 0 Å². The van der Waals surface area contributed by atoms with Crippen molar-refractivity contribution < 1.29 is 0 Å². The van der Waals surface area contributed by atoms with Crippen molar-refractivity contribution in [3.63, 3.8) is 0 Å². The lowest BCUT2D eigenvalue weighted by molar-refractivity contribution is 0.596. The summed E-state index contributed by atoms with van der Waals surface area (Å²) >= 11 is 0. The predicted octanol–water partition coefficient (Wildman–Crippen LogP) is 8.06. The zero-order valence-electron chi connectivity index (χ0n) is 19.8. The molecule has 0 spiro atoms. The lowest BCUT2D eigenvalue weighted by atomic mass is 9.97. The number of nitrogens with zero attached hydrogens (tertiary/aromatic N) is 2. The average molecular weight is 423 g/mol. The minimum Gasteiger partial charge on any atom is -0.318 e. The van der Waals surface area contributed by atoms with Crippen LogP contribution >= 0.6 is 0 Å². The molecule has 0 aromatic heterocycles. The van der Waals surface area contributed by atoms with Gasteiger partial charge in [0.2, 0.25) is 0 Å². The van der Waals surface area contributed by atoms with E-state index in [0.29, 0.717) is 5.92 Å². The van der Waals surface area contributed by atoms with Crippen molar-refractivity contribution in [3.8, 4) is 0 Å². The SMILES string of the molecule is CC1=C(C2CCCC2)N(c2ccccc2)C(c2c(C)cccc2C)N1c1ccccc1C. The number of hydrogen-bond acceptors (Lipinski definition) is 2. The van der Waals surface area contributed by atoms with Gasteiger partial charge in [0.25, 0.3) is 0 Å². The predicted molar refractivity (Wildman–Crippen MR) is 136 cm³/mol. The smallest absolute Gasteiger partial charge is 0.137 e. The molecule has 3 aromatic carbocycles. The largest absolute Gasteiger partial charge is 0.318 e. The van der Waals surface area contributed by atoms with Crippen LogP contribution in [0.2, 0.25) is 0 Å². The Morgan fingerprint density at radius 1 is 0.625 bits per heavy atom. The third-order valence-corrected chi connectivity index (χ3v) is 7.43. The van der Waals surface area contributed by atoms with Crippen LogP contribution in [0.3, 0.4) is 0 Å². The van der Waals surface area contributed by atoms with E-state index in [2.05, 4.69) is 110 Å². The summed E-state index contributed by atoms with van der Waals surface area (Å²) in [7, 11) is 0. The molecule has 0 amide bonds. The van der Waals surface area contributed by atoms with E-state index in [1.165, 1.54) is 70.7 Å². The molecule has 2 aliphatic rings. The lowest BCUT2D eigenvalue weighted by Gasteiger charge is -2.38. The molecule has 2 heteroatoms. The van der Waals surface area contributed by atoms with E-state index in [1.54, 1.807) is 0 Å². The maximum Gasteiger partial charge on any atom is 0.137 e. The van der Waals surface area contributed by atoms with E-state index >= 15 is 0 Å². The van der Waals surface area contributed by atoms with Gasteiger partial charge in [-0.2, -0.15) is 0 Å². The van der Waals surface area contributed by atoms with Gasteiger partial charge in [0.1, 0.15) is 6.17 Å². The van der Waals surface area contributed by atoms with Gasteiger partial charge >= 0.3 is 0 Å². The third-order valence-electron chi connectivity index (χ3n) is 7.43. The molecule has 0 saturated heterocycles. The highest BCUT2D eigenvalue weighted by atomic mass is 15.4. The summed E-state index contributed by atoms with van der Waals surface area (Å²) in [5.41, 5.74) is 11.0. The molecule has 1 fully saturated rings. The minimum absolute atomic E-state index is 0.121. The second kappa shape index (κ2) is 8.50. The lowest BCUT2D eigenvalue weighted by Crippen LogP contribution is -2.35. The van der Waals surface area contributed by atoms with Crippen molar-refractivity contribution >= 4 is 11.4 Å². The van der Waals surface area contributed by atoms with Crippen LogP contribution in [0.25, 0.3) is 0 Å². The Morgan fingerprint density at radius 2 is 1.22 bits per heavy atom. The molecule has 0 radical (unpaired) electrons. The first kappa shape index (κ1) is 20.9. The number of benzene rings is 3. The Balaban J connectivity index is 1.79. The van der Waals surface area contributed by atoms with Crippen LogP contribution in [-0.4, -0.2) is 0 Å². The number of para-hydroxylation sites is 2. The summed E-state index contributed by atoms with van der Waals surface area (Å²) in [6.45, 7) is 9.13. The molecule has 1 heterocycles. The molecule has 5 rings (SSSR count). The fraction of sp³-hybridized carbons (Fsp3) is 0.333. The summed E-state index contributed by atoms with van der Waals surface area (Å²) in [6, 6.07) is 26.6. The Labute approximate surface area is 193 Å². The molecule has 1 unspecified atom stereocenters. The highest BCUT2D eigenvalue weighted by molar-refractivity contribution is 5.71. The maximum atomic E-state index is 2.66. The molecule has 0 N–H and O–H groups in total. The fourth-order valence-electron chi connectivity index (χ4n) is 5.93.